The van der Waals surface area contributed by atoms with Crippen LogP contribution in [0.2, 0.25) is 0 Å². The van der Waals surface area contributed by atoms with E-state index in [2.05, 4.69) is 12.2 Å². The van der Waals surface area contributed by atoms with Gasteiger partial charge in [-0.2, -0.15) is 0 Å². The van der Waals surface area contributed by atoms with Gasteiger partial charge in [0.15, 0.2) is 0 Å². The zero-order valence-electron chi connectivity index (χ0n) is 15.4. The highest BCUT2D eigenvalue weighted by Crippen LogP contribution is 2.32. The van der Waals surface area contributed by atoms with Gasteiger partial charge in [0.25, 0.3) is 11.6 Å². The first-order valence-electron chi connectivity index (χ1n) is 8.96. The fourth-order valence-corrected chi connectivity index (χ4v) is 3.41. The summed E-state index contributed by atoms with van der Waals surface area (Å²) in [6.07, 6.45) is 2.09. The number of hydrogen-bond acceptors (Lipinski definition) is 4. The molecule has 0 bridgehead atoms. The third kappa shape index (κ3) is 4.24. The molecule has 0 spiro atoms. The van der Waals surface area contributed by atoms with Gasteiger partial charge in [0.1, 0.15) is 11.5 Å². The van der Waals surface area contributed by atoms with Crippen molar-refractivity contribution in [1.29, 1.82) is 0 Å². The molecule has 1 atom stereocenters. The predicted molar refractivity (Wildman–Crippen MR) is 103 cm³/mol. The van der Waals surface area contributed by atoms with Crippen molar-refractivity contribution < 1.29 is 14.1 Å². The third-order valence-electron chi connectivity index (χ3n) is 4.88. The van der Waals surface area contributed by atoms with Crippen LogP contribution in [0, 0.1) is 28.8 Å². The van der Waals surface area contributed by atoms with Gasteiger partial charge in [-0.05, 0) is 55.5 Å². The standard InChI is InChI=1S/C20H22FN3O3/c1-13-4-3-9-23(12-13)18-8-6-15(10-19(18)24(26)27)20(25)22-17-11-16(21)7-5-14(17)2/h5-8,10-11,13H,3-4,9,12H2,1-2H3,(H,22,25). The second-order valence-electron chi connectivity index (χ2n) is 7.07. The highest BCUT2D eigenvalue weighted by Gasteiger charge is 2.25. The average Bonchev–Trinajstić information content (AvgIpc) is 2.64. The normalized spacial score (nSPS) is 16.9. The molecule has 0 saturated carbocycles. The lowest BCUT2D eigenvalue weighted by Crippen LogP contribution is -2.34. The van der Waals surface area contributed by atoms with Crippen LogP contribution in [-0.4, -0.2) is 23.9 Å². The van der Waals surface area contributed by atoms with Gasteiger partial charge >= 0.3 is 0 Å². The average molecular weight is 371 g/mol. The lowest BCUT2D eigenvalue weighted by atomic mass is 9.99. The molecule has 27 heavy (non-hydrogen) atoms. The smallest absolute Gasteiger partial charge is 0.293 e. The molecule has 1 heterocycles. The van der Waals surface area contributed by atoms with Crippen molar-refractivity contribution in [3.8, 4) is 0 Å². The second kappa shape index (κ2) is 7.73. The molecule has 7 heteroatoms. The molecule has 142 valence electrons. The van der Waals surface area contributed by atoms with E-state index in [1.54, 1.807) is 25.1 Å². The van der Waals surface area contributed by atoms with Crippen LogP contribution >= 0.6 is 0 Å². The number of carbonyl (C=O) groups excluding carboxylic acids is 1. The molecule has 2 aromatic rings. The Hall–Kier alpha value is -2.96. The fourth-order valence-electron chi connectivity index (χ4n) is 3.41. The van der Waals surface area contributed by atoms with Crippen LogP contribution in [-0.2, 0) is 0 Å². The quantitative estimate of drug-likeness (QED) is 0.633. The van der Waals surface area contributed by atoms with Crippen LogP contribution < -0.4 is 10.2 Å². The predicted octanol–water partition coefficient (Wildman–Crippen LogP) is 4.53. The topological polar surface area (TPSA) is 75.5 Å². The number of nitrogens with zero attached hydrogens (tertiary/aromatic N) is 2. The maximum atomic E-state index is 13.4. The highest BCUT2D eigenvalue weighted by molar-refractivity contribution is 6.05. The maximum absolute atomic E-state index is 13.4. The van der Waals surface area contributed by atoms with Gasteiger partial charge in [-0.1, -0.05) is 13.0 Å². The largest absolute Gasteiger partial charge is 0.366 e. The van der Waals surface area contributed by atoms with Crippen LogP contribution in [0.5, 0.6) is 0 Å². The van der Waals surface area contributed by atoms with Crippen molar-refractivity contribution in [2.24, 2.45) is 5.92 Å². The van der Waals surface area contributed by atoms with E-state index in [4.69, 9.17) is 0 Å². The lowest BCUT2D eigenvalue weighted by Gasteiger charge is -2.32. The summed E-state index contributed by atoms with van der Waals surface area (Å²) in [5.74, 6) is -0.501. The molecule has 3 rings (SSSR count). The van der Waals surface area contributed by atoms with Gasteiger partial charge in [-0.3, -0.25) is 14.9 Å². The first-order chi connectivity index (χ1) is 12.8. The number of hydrogen-bond donors (Lipinski definition) is 1. The van der Waals surface area contributed by atoms with Crippen molar-refractivity contribution in [2.45, 2.75) is 26.7 Å². The zero-order chi connectivity index (χ0) is 19.6. The van der Waals surface area contributed by atoms with E-state index < -0.39 is 16.6 Å². The van der Waals surface area contributed by atoms with Gasteiger partial charge in [-0.15, -0.1) is 0 Å². The Morgan fingerprint density at radius 3 is 2.78 bits per heavy atom. The number of halogens is 1. The van der Waals surface area contributed by atoms with Gasteiger partial charge in [0, 0.05) is 30.4 Å². The summed E-state index contributed by atoms with van der Waals surface area (Å²) in [7, 11) is 0. The Morgan fingerprint density at radius 1 is 1.30 bits per heavy atom. The minimum Gasteiger partial charge on any atom is -0.366 e. The van der Waals surface area contributed by atoms with Crippen LogP contribution in [0.3, 0.4) is 0 Å². The van der Waals surface area contributed by atoms with Gasteiger partial charge in [0.2, 0.25) is 0 Å². The number of rotatable bonds is 4. The van der Waals surface area contributed by atoms with Crippen molar-refractivity contribution in [2.75, 3.05) is 23.3 Å². The molecule has 1 fully saturated rings. The Bertz CT molecular complexity index is 885. The number of piperidine rings is 1. The van der Waals surface area contributed by atoms with E-state index in [1.807, 2.05) is 4.90 Å². The van der Waals surface area contributed by atoms with Crippen LogP contribution in [0.4, 0.5) is 21.5 Å². The monoisotopic (exact) mass is 371 g/mol. The van der Waals surface area contributed by atoms with E-state index in [9.17, 15) is 19.3 Å². The number of nitro groups is 1. The van der Waals surface area contributed by atoms with Crippen molar-refractivity contribution in [3.63, 3.8) is 0 Å². The first kappa shape index (κ1) is 18.8. The number of carbonyl (C=O) groups is 1. The molecule has 1 unspecified atom stereocenters. The molecule has 1 saturated heterocycles. The summed E-state index contributed by atoms with van der Waals surface area (Å²) in [5.41, 5.74) is 1.66. The molecule has 1 aliphatic rings. The van der Waals surface area contributed by atoms with Crippen LogP contribution in [0.15, 0.2) is 36.4 Å². The first-order valence-corrected chi connectivity index (χ1v) is 8.96. The molecule has 2 aromatic carbocycles. The number of aryl methyl sites for hydroxylation is 1. The van der Waals surface area contributed by atoms with Crippen LogP contribution in [0.1, 0.15) is 35.7 Å². The van der Waals surface area contributed by atoms with Gasteiger partial charge in [-0.25, -0.2) is 4.39 Å². The van der Waals surface area contributed by atoms with E-state index >= 15 is 0 Å². The van der Waals surface area contributed by atoms with Crippen molar-refractivity contribution >= 4 is 23.0 Å². The lowest BCUT2D eigenvalue weighted by molar-refractivity contribution is -0.384. The molecule has 1 aliphatic heterocycles. The summed E-state index contributed by atoms with van der Waals surface area (Å²) in [6.45, 7) is 5.40. The fraction of sp³-hybridized carbons (Fsp3) is 0.350. The molecule has 0 radical (unpaired) electrons. The number of benzene rings is 2. The molecular formula is C20H22FN3O3. The SMILES string of the molecule is Cc1ccc(F)cc1NC(=O)c1ccc(N2CCCC(C)C2)c([N+](=O)[O-])c1. The Balaban J connectivity index is 1.88. The second-order valence-corrected chi connectivity index (χ2v) is 7.07. The Labute approximate surface area is 157 Å². The number of nitrogens with one attached hydrogen (secondary N) is 1. The van der Waals surface area contributed by atoms with Crippen LogP contribution in [0.25, 0.3) is 0 Å². The minimum absolute atomic E-state index is 0.0901. The summed E-state index contributed by atoms with van der Waals surface area (Å²) < 4.78 is 13.4. The molecule has 6 nitrogen and oxygen atoms in total. The van der Waals surface area contributed by atoms with E-state index in [0.717, 1.165) is 25.9 Å². The maximum Gasteiger partial charge on any atom is 0.293 e. The molecule has 1 N–H and O–H groups in total. The number of anilines is 2. The zero-order valence-corrected chi connectivity index (χ0v) is 15.4. The minimum atomic E-state index is -0.509. The van der Waals surface area contributed by atoms with Gasteiger partial charge < -0.3 is 10.2 Å². The van der Waals surface area contributed by atoms with E-state index in [0.29, 0.717) is 22.9 Å². The Kier molecular flexibility index (Phi) is 5.39. The van der Waals surface area contributed by atoms with Crippen molar-refractivity contribution in [3.05, 3.63) is 63.5 Å². The summed E-state index contributed by atoms with van der Waals surface area (Å²) in [4.78, 5) is 25.6. The molecule has 1 amide bonds. The van der Waals surface area contributed by atoms with E-state index in [-0.39, 0.29) is 11.3 Å². The van der Waals surface area contributed by atoms with Gasteiger partial charge in [0.05, 0.1) is 4.92 Å². The number of amides is 1. The summed E-state index contributed by atoms with van der Waals surface area (Å²) in [5, 5.41) is 14.2. The van der Waals surface area contributed by atoms with Crippen molar-refractivity contribution in [1.82, 2.24) is 0 Å². The third-order valence-corrected chi connectivity index (χ3v) is 4.88. The molecule has 0 aromatic heterocycles. The Morgan fingerprint density at radius 2 is 2.07 bits per heavy atom. The summed E-state index contributed by atoms with van der Waals surface area (Å²) >= 11 is 0. The van der Waals surface area contributed by atoms with E-state index in [1.165, 1.54) is 18.2 Å². The summed E-state index contributed by atoms with van der Waals surface area (Å²) in [6, 6.07) is 8.59. The number of nitro benzene ring substituents is 1. The molecular weight excluding hydrogens is 349 g/mol. The molecule has 0 aliphatic carbocycles. The highest BCUT2D eigenvalue weighted by atomic mass is 19.1.